The quantitative estimate of drug-likeness (QED) is 0.798. The summed E-state index contributed by atoms with van der Waals surface area (Å²) in [4.78, 5) is 10.6. The Morgan fingerprint density at radius 1 is 1.16 bits per heavy atom. The Balaban J connectivity index is 1.73. The van der Waals surface area contributed by atoms with Gasteiger partial charge in [-0.15, -0.1) is 11.3 Å². The topological polar surface area (TPSA) is 42.6 Å². The van der Waals surface area contributed by atoms with Crippen molar-refractivity contribution in [3.63, 3.8) is 0 Å². The van der Waals surface area contributed by atoms with Gasteiger partial charge in [-0.1, -0.05) is 24.8 Å². The third-order valence-electron chi connectivity index (χ3n) is 4.80. The Kier molecular flexibility index (Phi) is 4.29. The molecule has 0 unspecified atom stereocenters. The zero-order valence-corrected chi connectivity index (χ0v) is 14.9. The molecule has 126 valence electrons. The lowest BCUT2D eigenvalue weighted by molar-refractivity contribution is 0.306. The van der Waals surface area contributed by atoms with E-state index in [2.05, 4.69) is 33.9 Å². The molecule has 0 amide bonds. The largest absolute Gasteiger partial charge is 0.342 e. The standard InChI is InChI=1S/C20H20N4S/c1-15-19-18(9-12-25-19)22-20(23-10-5-2-6-11-23)24(15)14-17-8-4-3-7-16(17)13-21/h3-4,7-9,12H,1-2,5-6,10-11,14H2. The molecule has 1 saturated heterocycles. The molecule has 0 saturated carbocycles. The molecule has 0 radical (unpaired) electrons. The molecule has 1 aromatic carbocycles. The maximum absolute atomic E-state index is 9.42. The van der Waals surface area contributed by atoms with Gasteiger partial charge in [0.15, 0.2) is 0 Å². The average molecular weight is 348 g/mol. The van der Waals surface area contributed by atoms with Crippen LogP contribution in [-0.4, -0.2) is 28.8 Å². The highest BCUT2D eigenvalue weighted by Crippen LogP contribution is 2.39. The van der Waals surface area contributed by atoms with Crippen molar-refractivity contribution >= 4 is 28.7 Å². The van der Waals surface area contributed by atoms with E-state index in [0.717, 1.165) is 40.9 Å². The van der Waals surface area contributed by atoms with Crippen molar-refractivity contribution in [1.29, 1.82) is 5.26 Å². The zero-order chi connectivity index (χ0) is 17.2. The van der Waals surface area contributed by atoms with Crippen LogP contribution < -0.4 is 0 Å². The summed E-state index contributed by atoms with van der Waals surface area (Å²) in [6.07, 6.45) is 3.68. The van der Waals surface area contributed by atoms with Gasteiger partial charge in [0.25, 0.3) is 0 Å². The van der Waals surface area contributed by atoms with Crippen molar-refractivity contribution in [2.24, 2.45) is 4.99 Å². The minimum absolute atomic E-state index is 0.620. The third kappa shape index (κ3) is 2.94. The maximum Gasteiger partial charge on any atom is 0.206 e. The van der Waals surface area contributed by atoms with Gasteiger partial charge in [-0.2, -0.15) is 5.26 Å². The van der Waals surface area contributed by atoms with Gasteiger partial charge in [-0.25, -0.2) is 4.99 Å². The number of guanidine groups is 1. The molecule has 4 nitrogen and oxygen atoms in total. The maximum atomic E-state index is 9.42. The molecule has 2 aromatic rings. The molecule has 25 heavy (non-hydrogen) atoms. The summed E-state index contributed by atoms with van der Waals surface area (Å²) in [5.74, 6) is 0.975. The normalized spacial score (nSPS) is 17.1. The second-order valence-electron chi connectivity index (χ2n) is 6.40. The summed E-state index contributed by atoms with van der Waals surface area (Å²) in [6, 6.07) is 12.1. The van der Waals surface area contributed by atoms with Crippen molar-refractivity contribution in [2.75, 3.05) is 13.1 Å². The van der Waals surface area contributed by atoms with Gasteiger partial charge in [-0.05, 0) is 42.3 Å². The summed E-state index contributed by atoms with van der Waals surface area (Å²) < 4.78 is 0. The van der Waals surface area contributed by atoms with Crippen LogP contribution in [0.25, 0.3) is 5.70 Å². The number of fused-ring (bicyclic) bond motifs is 1. The minimum atomic E-state index is 0.620. The Morgan fingerprint density at radius 3 is 2.76 bits per heavy atom. The SMILES string of the molecule is C=C1c2sccc2N=C(N2CCCCC2)N1Cc1ccccc1C#N. The fourth-order valence-electron chi connectivity index (χ4n) is 3.46. The first-order chi connectivity index (χ1) is 12.3. The van der Waals surface area contributed by atoms with Gasteiger partial charge in [0, 0.05) is 13.1 Å². The average Bonchev–Trinajstić information content (AvgIpc) is 3.14. The fourth-order valence-corrected chi connectivity index (χ4v) is 4.27. The lowest BCUT2D eigenvalue weighted by Crippen LogP contribution is -2.46. The van der Waals surface area contributed by atoms with Gasteiger partial charge in [-0.3, -0.25) is 0 Å². The van der Waals surface area contributed by atoms with Gasteiger partial charge >= 0.3 is 0 Å². The molecule has 2 aliphatic heterocycles. The van der Waals surface area contributed by atoms with Crippen molar-refractivity contribution in [2.45, 2.75) is 25.8 Å². The van der Waals surface area contributed by atoms with Crippen molar-refractivity contribution < 1.29 is 0 Å². The molecule has 1 fully saturated rings. The highest BCUT2D eigenvalue weighted by molar-refractivity contribution is 7.11. The first-order valence-corrected chi connectivity index (χ1v) is 9.52. The molecule has 4 rings (SSSR count). The van der Waals surface area contributed by atoms with Crippen LogP contribution in [0.4, 0.5) is 5.69 Å². The first-order valence-electron chi connectivity index (χ1n) is 8.64. The number of rotatable bonds is 2. The highest BCUT2D eigenvalue weighted by Gasteiger charge is 2.29. The van der Waals surface area contributed by atoms with Gasteiger partial charge < -0.3 is 9.80 Å². The second kappa shape index (κ2) is 6.73. The van der Waals surface area contributed by atoms with Crippen LogP contribution in [0.1, 0.15) is 35.3 Å². The summed E-state index contributed by atoms with van der Waals surface area (Å²) in [6.45, 7) is 7.03. The van der Waals surface area contributed by atoms with Crippen LogP contribution >= 0.6 is 11.3 Å². The first kappa shape index (κ1) is 15.9. The van der Waals surface area contributed by atoms with E-state index in [1.165, 1.54) is 19.3 Å². The van der Waals surface area contributed by atoms with Crippen LogP contribution in [0.2, 0.25) is 0 Å². The van der Waals surface area contributed by atoms with E-state index >= 15 is 0 Å². The highest BCUT2D eigenvalue weighted by atomic mass is 32.1. The molecular weight excluding hydrogens is 328 g/mol. The predicted molar refractivity (Wildman–Crippen MR) is 103 cm³/mol. The molecule has 0 aliphatic carbocycles. The van der Waals surface area contributed by atoms with E-state index in [4.69, 9.17) is 4.99 Å². The lowest BCUT2D eigenvalue weighted by atomic mass is 10.1. The van der Waals surface area contributed by atoms with Crippen LogP contribution in [0.5, 0.6) is 0 Å². The Labute approximate surface area is 152 Å². The molecule has 5 heteroatoms. The number of hydrogen-bond donors (Lipinski definition) is 0. The van der Waals surface area contributed by atoms with Gasteiger partial charge in [0.2, 0.25) is 5.96 Å². The summed E-state index contributed by atoms with van der Waals surface area (Å²) in [5, 5.41) is 11.5. The molecule has 0 bridgehead atoms. The number of thiophene rings is 1. The van der Waals surface area contributed by atoms with Crippen molar-refractivity contribution in [3.05, 3.63) is 58.3 Å². The molecular formula is C20H20N4S. The third-order valence-corrected chi connectivity index (χ3v) is 5.75. The van der Waals surface area contributed by atoms with Crippen LogP contribution in [0, 0.1) is 11.3 Å². The second-order valence-corrected chi connectivity index (χ2v) is 7.31. The summed E-state index contributed by atoms with van der Waals surface area (Å²) >= 11 is 1.67. The monoisotopic (exact) mass is 348 g/mol. The molecule has 0 spiro atoms. The molecule has 1 aromatic heterocycles. The number of benzene rings is 1. The molecule has 0 N–H and O–H groups in total. The Hall–Kier alpha value is -2.58. The van der Waals surface area contributed by atoms with Crippen molar-refractivity contribution in [3.8, 4) is 6.07 Å². The predicted octanol–water partition coefficient (Wildman–Crippen LogP) is 4.58. The van der Waals surface area contributed by atoms with Crippen LogP contribution in [0.15, 0.2) is 47.3 Å². The minimum Gasteiger partial charge on any atom is -0.342 e. The number of likely N-dealkylation sites (tertiary alicyclic amines) is 1. The van der Waals surface area contributed by atoms with E-state index in [1.54, 1.807) is 11.3 Å². The number of nitrogens with zero attached hydrogens (tertiary/aromatic N) is 4. The number of piperidine rings is 1. The fraction of sp³-hybridized carbons (Fsp3) is 0.300. The van der Waals surface area contributed by atoms with Gasteiger partial charge in [0.05, 0.1) is 34.4 Å². The number of aliphatic imine (C=N–C) groups is 1. The van der Waals surface area contributed by atoms with E-state index in [0.29, 0.717) is 12.1 Å². The van der Waals surface area contributed by atoms with E-state index < -0.39 is 0 Å². The summed E-state index contributed by atoms with van der Waals surface area (Å²) in [5.41, 5.74) is 3.72. The Morgan fingerprint density at radius 2 is 1.96 bits per heavy atom. The molecule has 0 atom stereocenters. The van der Waals surface area contributed by atoms with E-state index in [9.17, 15) is 5.26 Å². The van der Waals surface area contributed by atoms with Crippen molar-refractivity contribution in [1.82, 2.24) is 9.80 Å². The van der Waals surface area contributed by atoms with Crippen LogP contribution in [0.3, 0.4) is 0 Å². The summed E-state index contributed by atoms with van der Waals surface area (Å²) in [7, 11) is 0. The molecule has 3 heterocycles. The number of hydrogen-bond acceptors (Lipinski definition) is 5. The zero-order valence-electron chi connectivity index (χ0n) is 14.1. The Bertz CT molecular complexity index is 868. The lowest BCUT2D eigenvalue weighted by Gasteiger charge is -2.39. The van der Waals surface area contributed by atoms with E-state index in [1.807, 2.05) is 24.3 Å². The number of nitriles is 1. The smallest absolute Gasteiger partial charge is 0.206 e. The molecule has 2 aliphatic rings. The van der Waals surface area contributed by atoms with E-state index in [-0.39, 0.29) is 0 Å². The van der Waals surface area contributed by atoms with Crippen LogP contribution in [-0.2, 0) is 6.54 Å². The van der Waals surface area contributed by atoms with Gasteiger partial charge in [0.1, 0.15) is 0 Å².